The number of amides is 1. The third-order valence-electron chi connectivity index (χ3n) is 2.87. The van der Waals surface area contributed by atoms with Crippen LogP contribution < -0.4 is 0 Å². The van der Waals surface area contributed by atoms with Gasteiger partial charge in [0.05, 0.1) is 12.6 Å². The zero-order valence-corrected chi connectivity index (χ0v) is 10.7. The van der Waals surface area contributed by atoms with Gasteiger partial charge in [-0.3, -0.25) is 9.63 Å². The summed E-state index contributed by atoms with van der Waals surface area (Å²) in [6, 6.07) is 0.141. The molecule has 16 heavy (non-hydrogen) atoms. The topological polar surface area (TPSA) is 29.5 Å². The molecule has 1 amide bonds. The smallest absolute Gasteiger partial charge is 0.246 e. The van der Waals surface area contributed by atoms with E-state index in [1.165, 1.54) is 5.57 Å². The summed E-state index contributed by atoms with van der Waals surface area (Å²) in [5, 5.41) is 1.57. The minimum Gasteiger partial charge on any atom is -0.273 e. The molecule has 1 aliphatic heterocycles. The lowest BCUT2D eigenvalue weighted by Crippen LogP contribution is -2.38. The van der Waals surface area contributed by atoms with E-state index in [-0.39, 0.29) is 11.9 Å². The van der Waals surface area contributed by atoms with E-state index in [4.69, 9.17) is 4.84 Å². The zero-order valence-electron chi connectivity index (χ0n) is 10.7. The first-order valence-electron chi connectivity index (χ1n) is 6.25. The molecule has 0 N–H and O–H groups in total. The molecular weight excluding hydrogens is 202 g/mol. The third-order valence-corrected chi connectivity index (χ3v) is 2.87. The molecule has 1 aliphatic rings. The van der Waals surface area contributed by atoms with Crippen molar-refractivity contribution in [2.45, 2.75) is 58.9 Å². The summed E-state index contributed by atoms with van der Waals surface area (Å²) in [6.07, 6.45) is 6.95. The van der Waals surface area contributed by atoms with Crippen LogP contribution >= 0.6 is 0 Å². The van der Waals surface area contributed by atoms with Crippen LogP contribution in [0, 0.1) is 0 Å². The maximum Gasteiger partial charge on any atom is 0.246 e. The van der Waals surface area contributed by atoms with Gasteiger partial charge in [0.2, 0.25) is 5.91 Å². The van der Waals surface area contributed by atoms with Gasteiger partial charge >= 0.3 is 0 Å². The Hall–Kier alpha value is -0.830. The van der Waals surface area contributed by atoms with E-state index < -0.39 is 0 Å². The quantitative estimate of drug-likeness (QED) is 0.676. The Kier molecular flexibility index (Phi) is 5.53. The monoisotopic (exact) mass is 225 g/mol. The van der Waals surface area contributed by atoms with E-state index in [0.717, 1.165) is 25.7 Å². The summed E-state index contributed by atoms with van der Waals surface area (Å²) < 4.78 is 0. The fourth-order valence-corrected chi connectivity index (χ4v) is 2.10. The number of carbonyl (C=O) groups excluding carboxylic acids is 1. The number of hydrogen-bond donors (Lipinski definition) is 0. The number of carbonyl (C=O) groups is 1. The molecule has 1 rings (SSSR count). The Labute approximate surface area is 98.4 Å². The second-order valence-electron chi connectivity index (χ2n) is 4.49. The number of nitrogens with zero attached hydrogens (tertiary/aromatic N) is 1. The number of hydroxylamine groups is 2. The third kappa shape index (κ3) is 3.97. The van der Waals surface area contributed by atoms with E-state index in [1.807, 2.05) is 13.8 Å². The van der Waals surface area contributed by atoms with Gasteiger partial charge in [-0.05, 0) is 46.5 Å². The first-order chi connectivity index (χ1) is 7.65. The van der Waals surface area contributed by atoms with Gasteiger partial charge in [0, 0.05) is 6.42 Å². The highest BCUT2D eigenvalue weighted by atomic mass is 16.7. The maximum atomic E-state index is 11.9. The van der Waals surface area contributed by atoms with Gasteiger partial charge in [-0.2, -0.15) is 0 Å². The van der Waals surface area contributed by atoms with Gasteiger partial charge in [-0.25, -0.2) is 5.06 Å². The summed E-state index contributed by atoms with van der Waals surface area (Å²) in [4.78, 5) is 17.4. The molecule has 0 bridgehead atoms. The minimum absolute atomic E-state index is 0.129. The lowest BCUT2D eigenvalue weighted by Gasteiger charge is -2.28. The summed E-state index contributed by atoms with van der Waals surface area (Å²) >= 11 is 0. The highest BCUT2D eigenvalue weighted by molar-refractivity contribution is 5.75. The second kappa shape index (κ2) is 6.69. The molecule has 0 aromatic heterocycles. The first kappa shape index (κ1) is 13.2. The summed E-state index contributed by atoms with van der Waals surface area (Å²) in [5.74, 6) is 0.129. The SMILES string of the molecule is CCON1C(=O)CCCC/C=C(\C)CC1C. The highest BCUT2D eigenvalue weighted by Gasteiger charge is 2.21. The normalized spacial score (nSPS) is 27.4. The van der Waals surface area contributed by atoms with Gasteiger partial charge in [0.15, 0.2) is 0 Å². The fraction of sp³-hybridized carbons (Fsp3) is 0.769. The average molecular weight is 225 g/mol. The summed E-state index contributed by atoms with van der Waals surface area (Å²) in [6.45, 7) is 6.65. The Morgan fingerprint density at radius 1 is 1.50 bits per heavy atom. The van der Waals surface area contributed by atoms with Crippen molar-refractivity contribution in [2.75, 3.05) is 6.61 Å². The standard InChI is InChI=1S/C13H23NO2/c1-4-16-14-12(3)10-11(2)8-6-5-7-9-13(14)15/h8,12H,4-7,9-10H2,1-3H3/b11-8+. The molecule has 0 aliphatic carbocycles. The Morgan fingerprint density at radius 3 is 2.94 bits per heavy atom. The average Bonchev–Trinajstić information content (AvgIpc) is 2.23. The fourth-order valence-electron chi connectivity index (χ4n) is 2.10. The molecule has 0 saturated carbocycles. The van der Waals surface area contributed by atoms with Crippen LogP contribution in [-0.2, 0) is 9.63 Å². The molecule has 0 radical (unpaired) electrons. The van der Waals surface area contributed by atoms with E-state index in [0.29, 0.717) is 13.0 Å². The zero-order chi connectivity index (χ0) is 12.0. The van der Waals surface area contributed by atoms with E-state index >= 15 is 0 Å². The van der Waals surface area contributed by atoms with Crippen molar-refractivity contribution < 1.29 is 9.63 Å². The predicted octanol–water partition coefficient (Wildman–Crippen LogP) is 3.07. The maximum absolute atomic E-state index is 11.9. The van der Waals surface area contributed by atoms with Crippen molar-refractivity contribution in [1.82, 2.24) is 5.06 Å². The molecule has 1 heterocycles. The lowest BCUT2D eigenvalue weighted by molar-refractivity contribution is -0.196. The highest BCUT2D eigenvalue weighted by Crippen LogP contribution is 2.17. The molecule has 0 saturated heterocycles. The van der Waals surface area contributed by atoms with Crippen molar-refractivity contribution >= 4 is 5.91 Å². The number of allylic oxidation sites excluding steroid dienone is 1. The molecule has 92 valence electrons. The summed E-state index contributed by atoms with van der Waals surface area (Å²) in [7, 11) is 0. The second-order valence-corrected chi connectivity index (χ2v) is 4.49. The van der Waals surface area contributed by atoms with Gasteiger partial charge in [-0.15, -0.1) is 0 Å². The summed E-state index contributed by atoms with van der Waals surface area (Å²) in [5.41, 5.74) is 1.35. The van der Waals surface area contributed by atoms with Gasteiger partial charge < -0.3 is 0 Å². The van der Waals surface area contributed by atoms with Crippen molar-refractivity contribution in [1.29, 1.82) is 0 Å². The molecular formula is C13H23NO2. The van der Waals surface area contributed by atoms with Crippen LogP contribution in [0.5, 0.6) is 0 Å². The number of hydrogen-bond acceptors (Lipinski definition) is 2. The molecule has 0 aromatic rings. The molecule has 1 unspecified atom stereocenters. The Morgan fingerprint density at radius 2 is 2.25 bits per heavy atom. The van der Waals surface area contributed by atoms with Crippen LogP contribution in [0.4, 0.5) is 0 Å². The van der Waals surface area contributed by atoms with Gasteiger partial charge in [-0.1, -0.05) is 11.6 Å². The van der Waals surface area contributed by atoms with Crippen molar-refractivity contribution in [3.8, 4) is 0 Å². The van der Waals surface area contributed by atoms with Crippen LogP contribution in [0.15, 0.2) is 11.6 Å². The van der Waals surface area contributed by atoms with E-state index in [9.17, 15) is 4.79 Å². The molecule has 3 nitrogen and oxygen atoms in total. The molecule has 0 spiro atoms. The van der Waals surface area contributed by atoms with Crippen molar-refractivity contribution in [2.24, 2.45) is 0 Å². The van der Waals surface area contributed by atoms with Crippen LogP contribution in [0.2, 0.25) is 0 Å². The Bertz CT molecular complexity index is 261. The van der Waals surface area contributed by atoms with Crippen LogP contribution in [-0.4, -0.2) is 23.6 Å². The lowest BCUT2D eigenvalue weighted by atomic mass is 10.0. The predicted molar refractivity (Wildman–Crippen MR) is 64.8 cm³/mol. The van der Waals surface area contributed by atoms with Crippen LogP contribution in [0.3, 0.4) is 0 Å². The minimum atomic E-state index is 0.129. The molecule has 3 heteroatoms. The largest absolute Gasteiger partial charge is 0.273 e. The van der Waals surface area contributed by atoms with Gasteiger partial charge in [0.1, 0.15) is 0 Å². The first-order valence-corrected chi connectivity index (χ1v) is 6.25. The molecule has 0 aromatic carbocycles. The van der Waals surface area contributed by atoms with Crippen molar-refractivity contribution in [3.63, 3.8) is 0 Å². The molecule has 1 atom stereocenters. The van der Waals surface area contributed by atoms with E-state index in [1.54, 1.807) is 5.06 Å². The molecule has 0 fully saturated rings. The van der Waals surface area contributed by atoms with Crippen molar-refractivity contribution in [3.05, 3.63) is 11.6 Å². The number of rotatable bonds is 2. The van der Waals surface area contributed by atoms with Gasteiger partial charge in [0.25, 0.3) is 0 Å². The van der Waals surface area contributed by atoms with Crippen LogP contribution in [0.1, 0.15) is 52.9 Å². The Balaban J connectivity index is 2.72. The van der Waals surface area contributed by atoms with E-state index in [2.05, 4.69) is 13.0 Å². The van der Waals surface area contributed by atoms with Crippen LogP contribution in [0.25, 0.3) is 0 Å².